The van der Waals surface area contributed by atoms with Gasteiger partial charge in [0.1, 0.15) is 5.15 Å². The van der Waals surface area contributed by atoms with E-state index in [9.17, 15) is 0 Å². The molecular formula is C6H6BrCl2N. The first-order valence-electron chi connectivity index (χ1n) is 2.50. The minimum absolute atomic E-state index is 0. The number of halogens is 3. The lowest BCUT2D eigenvalue weighted by Crippen LogP contribution is -1.82. The topological polar surface area (TPSA) is 12.9 Å². The lowest BCUT2D eigenvalue weighted by Gasteiger charge is -1.91. The summed E-state index contributed by atoms with van der Waals surface area (Å²) in [5.41, 5.74) is 0.961. The van der Waals surface area contributed by atoms with Gasteiger partial charge in [-0.1, -0.05) is 33.6 Å². The van der Waals surface area contributed by atoms with Crippen LogP contribution in [-0.2, 0) is 5.33 Å². The smallest absolute Gasteiger partial charge is 0.129 e. The first-order valence-corrected chi connectivity index (χ1v) is 4.00. The van der Waals surface area contributed by atoms with Crippen molar-refractivity contribution >= 4 is 39.9 Å². The second-order valence-corrected chi connectivity index (χ2v) is 2.53. The molecule has 0 fully saturated rings. The second kappa shape index (κ2) is 4.94. The predicted octanol–water partition coefficient (Wildman–Crippen LogP) is 3.05. The van der Waals surface area contributed by atoms with Crippen molar-refractivity contribution in [1.29, 1.82) is 0 Å². The highest BCUT2D eigenvalue weighted by Crippen LogP contribution is 2.07. The van der Waals surface area contributed by atoms with Crippen LogP contribution in [0.5, 0.6) is 0 Å². The second-order valence-electron chi connectivity index (χ2n) is 1.59. The van der Waals surface area contributed by atoms with Crippen LogP contribution >= 0.6 is 39.9 Å². The number of hydrogen-bond donors (Lipinski definition) is 0. The molecule has 10 heavy (non-hydrogen) atoms. The summed E-state index contributed by atoms with van der Waals surface area (Å²) < 4.78 is 0. The van der Waals surface area contributed by atoms with E-state index in [0.717, 1.165) is 11.0 Å². The summed E-state index contributed by atoms with van der Waals surface area (Å²) in [7, 11) is 0. The summed E-state index contributed by atoms with van der Waals surface area (Å²) in [6.07, 6.45) is 0. The SMILES string of the molecule is Cl.Clc1cccc(CBr)n1. The molecule has 0 spiro atoms. The molecule has 0 saturated carbocycles. The van der Waals surface area contributed by atoms with Crippen LogP contribution in [0.1, 0.15) is 5.69 Å². The van der Waals surface area contributed by atoms with Crippen molar-refractivity contribution < 1.29 is 0 Å². The van der Waals surface area contributed by atoms with Gasteiger partial charge >= 0.3 is 0 Å². The van der Waals surface area contributed by atoms with Crippen LogP contribution in [0.2, 0.25) is 5.15 Å². The zero-order valence-corrected chi connectivity index (χ0v) is 8.21. The highest BCUT2D eigenvalue weighted by atomic mass is 79.9. The molecule has 0 aliphatic rings. The Kier molecular flexibility index (Phi) is 5.04. The van der Waals surface area contributed by atoms with Gasteiger partial charge in [-0.15, -0.1) is 12.4 Å². The van der Waals surface area contributed by atoms with E-state index in [4.69, 9.17) is 11.6 Å². The first-order chi connectivity index (χ1) is 4.33. The Balaban J connectivity index is 0.000000810. The summed E-state index contributed by atoms with van der Waals surface area (Å²) >= 11 is 8.86. The maximum atomic E-state index is 5.59. The zero-order valence-electron chi connectivity index (χ0n) is 5.05. The molecule has 0 bridgehead atoms. The van der Waals surface area contributed by atoms with Crippen molar-refractivity contribution in [3.8, 4) is 0 Å². The Labute approximate surface area is 79.3 Å². The Morgan fingerprint density at radius 1 is 1.50 bits per heavy atom. The van der Waals surface area contributed by atoms with Gasteiger partial charge in [-0.2, -0.15) is 0 Å². The molecular weight excluding hydrogens is 237 g/mol. The monoisotopic (exact) mass is 241 g/mol. The molecule has 1 rings (SSSR count). The van der Waals surface area contributed by atoms with Crippen LogP contribution in [0.4, 0.5) is 0 Å². The Bertz CT molecular complexity index is 205. The Morgan fingerprint density at radius 2 is 2.20 bits per heavy atom. The molecule has 0 amide bonds. The molecule has 1 nitrogen and oxygen atoms in total. The largest absolute Gasteiger partial charge is 0.240 e. The van der Waals surface area contributed by atoms with Gasteiger partial charge in [-0.3, -0.25) is 0 Å². The molecule has 0 unspecified atom stereocenters. The summed E-state index contributed by atoms with van der Waals surface area (Å²) in [4.78, 5) is 4.01. The summed E-state index contributed by atoms with van der Waals surface area (Å²) in [6.45, 7) is 0. The lowest BCUT2D eigenvalue weighted by molar-refractivity contribution is 1.19. The number of hydrogen-bond acceptors (Lipinski definition) is 1. The van der Waals surface area contributed by atoms with Crippen LogP contribution in [0.25, 0.3) is 0 Å². The van der Waals surface area contributed by atoms with Crippen molar-refractivity contribution in [2.75, 3.05) is 0 Å². The average molecular weight is 243 g/mol. The van der Waals surface area contributed by atoms with Crippen LogP contribution in [-0.4, -0.2) is 4.98 Å². The maximum Gasteiger partial charge on any atom is 0.129 e. The summed E-state index contributed by atoms with van der Waals surface area (Å²) in [6, 6.07) is 5.56. The molecule has 4 heteroatoms. The normalized spacial score (nSPS) is 8.60. The molecule has 0 saturated heterocycles. The average Bonchev–Trinajstić information content (AvgIpc) is 1.88. The third-order valence-corrected chi connectivity index (χ3v) is 1.69. The van der Waals surface area contributed by atoms with Crippen molar-refractivity contribution in [1.82, 2.24) is 4.98 Å². The Hall–Kier alpha value is 0.210. The molecule has 1 aromatic heterocycles. The molecule has 1 aromatic rings. The first kappa shape index (κ1) is 10.2. The molecule has 0 aliphatic carbocycles. The quantitative estimate of drug-likeness (QED) is 0.545. The van der Waals surface area contributed by atoms with Gasteiger partial charge in [0.2, 0.25) is 0 Å². The van der Waals surface area contributed by atoms with E-state index in [0.29, 0.717) is 5.15 Å². The summed E-state index contributed by atoms with van der Waals surface area (Å²) in [5.74, 6) is 0. The van der Waals surface area contributed by atoms with Crippen molar-refractivity contribution in [2.45, 2.75) is 5.33 Å². The number of pyridine rings is 1. The zero-order chi connectivity index (χ0) is 6.69. The molecule has 0 atom stereocenters. The third kappa shape index (κ3) is 2.86. The van der Waals surface area contributed by atoms with Crippen LogP contribution < -0.4 is 0 Å². The molecule has 56 valence electrons. The van der Waals surface area contributed by atoms with Crippen LogP contribution in [0, 0.1) is 0 Å². The maximum absolute atomic E-state index is 5.59. The van der Waals surface area contributed by atoms with E-state index in [1.807, 2.05) is 12.1 Å². The van der Waals surface area contributed by atoms with Crippen molar-refractivity contribution in [3.05, 3.63) is 29.0 Å². The van der Waals surface area contributed by atoms with E-state index < -0.39 is 0 Å². The van der Waals surface area contributed by atoms with Gasteiger partial charge in [0.05, 0.1) is 5.69 Å². The van der Waals surface area contributed by atoms with E-state index in [1.165, 1.54) is 0 Å². The van der Waals surface area contributed by atoms with Gasteiger partial charge < -0.3 is 0 Å². The predicted molar refractivity (Wildman–Crippen MR) is 49.1 cm³/mol. The van der Waals surface area contributed by atoms with E-state index in [-0.39, 0.29) is 12.4 Å². The fourth-order valence-corrected chi connectivity index (χ4v) is 1.02. The van der Waals surface area contributed by atoms with Crippen molar-refractivity contribution in [2.24, 2.45) is 0 Å². The van der Waals surface area contributed by atoms with E-state index >= 15 is 0 Å². The van der Waals surface area contributed by atoms with Gasteiger partial charge in [0, 0.05) is 5.33 Å². The minimum Gasteiger partial charge on any atom is -0.240 e. The number of alkyl halides is 1. The van der Waals surface area contributed by atoms with E-state index in [1.54, 1.807) is 6.07 Å². The number of rotatable bonds is 1. The highest BCUT2D eigenvalue weighted by Gasteiger charge is 1.90. The fraction of sp³-hybridized carbons (Fsp3) is 0.167. The van der Waals surface area contributed by atoms with Crippen LogP contribution in [0.3, 0.4) is 0 Å². The standard InChI is InChI=1S/C6H5BrClN.ClH/c7-4-5-2-1-3-6(8)9-5;/h1-3H,4H2;1H. The number of nitrogens with zero attached hydrogens (tertiary/aromatic N) is 1. The molecule has 0 N–H and O–H groups in total. The molecule has 0 aromatic carbocycles. The van der Waals surface area contributed by atoms with Gasteiger partial charge in [0.15, 0.2) is 0 Å². The Morgan fingerprint density at radius 3 is 2.60 bits per heavy atom. The molecule has 0 radical (unpaired) electrons. The highest BCUT2D eigenvalue weighted by molar-refractivity contribution is 9.08. The fourth-order valence-electron chi connectivity index (χ4n) is 0.525. The van der Waals surface area contributed by atoms with Gasteiger partial charge in [0.25, 0.3) is 0 Å². The lowest BCUT2D eigenvalue weighted by atomic mass is 10.4. The van der Waals surface area contributed by atoms with Crippen LogP contribution in [0.15, 0.2) is 18.2 Å². The summed E-state index contributed by atoms with van der Waals surface area (Å²) in [5, 5.41) is 1.31. The van der Waals surface area contributed by atoms with Gasteiger partial charge in [-0.25, -0.2) is 4.98 Å². The van der Waals surface area contributed by atoms with Gasteiger partial charge in [-0.05, 0) is 12.1 Å². The minimum atomic E-state index is 0. The number of aromatic nitrogens is 1. The molecule has 1 heterocycles. The third-order valence-electron chi connectivity index (χ3n) is 0.910. The van der Waals surface area contributed by atoms with Crippen molar-refractivity contribution in [3.63, 3.8) is 0 Å². The van der Waals surface area contributed by atoms with E-state index in [2.05, 4.69) is 20.9 Å². The molecule has 0 aliphatic heterocycles.